The van der Waals surface area contributed by atoms with E-state index in [0.29, 0.717) is 5.69 Å². The predicted octanol–water partition coefficient (Wildman–Crippen LogP) is 1.51. The molecule has 1 aromatic carbocycles. The van der Waals surface area contributed by atoms with Crippen LogP contribution in [0.25, 0.3) is 0 Å². The number of urea groups is 1. The minimum Gasteiger partial charge on any atom is -0.328 e. The predicted molar refractivity (Wildman–Crippen MR) is 55.0 cm³/mol. The molecular weight excluding hydrogens is 248 g/mol. The van der Waals surface area contributed by atoms with Crippen LogP contribution in [0.5, 0.6) is 0 Å². The van der Waals surface area contributed by atoms with E-state index in [2.05, 4.69) is 21.2 Å². The van der Waals surface area contributed by atoms with E-state index in [1.807, 2.05) is 6.07 Å². The maximum atomic E-state index is 11.4. The van der Waals surface area contributed by atoms with Crippen LogP contribution < -0.4 is 10.2 Å². The molecule has 1 aliphatic heterocycles. The summed E-state index contributed by atoms with van der Waals surface area (Å²) in [4.78, 5) is 23.8. The van der Waals surface area contributed by atoms with Crippen molar-refractivity contribution in [3.8, 4) is 0 Å². The lowest BCUT2D eigenvalue weighted by Gasteiger charge is -2.13. The maximum Gasteiger partial charge on any atom is 0.329 e. The number of nitrogens with zero attached hydrogens (tertiary/aromatic N) is 1. The highest BCUT2D eigenvalue weighted by Gasteiger charge is 2.30. The van der Waals surface area contributed by atoms with Gasteiger partial charge in [-0.1, -0.05) is 12.1 Å². The van der Waals surface area contributed by atoms with Crippen LogP contribution in [0, 0.1) is 0 Å². The number of carbonyl (C=O) groups excluding carboxylic acids is 2. The number of amides is 3. The van der Waals surface area contributed by atoms with E-state index in [9.17, 15) is 9.59 Å². The summed E-state index contributed by atoms with van der Waals surface area (Å²) in [5, 5.41) is 2.46. The van der Waals surface area contributed by atoms with Crippen LogP contribution in [0.2, 0.25) is 0 Å². The molecule has 0 atom stereocenters. The van der Waals surface area contributed by atoms with Gasteiger partial charge in [0.15, 0.2) is 0 Å². The van der Waals surface area contributed by atoms with Gasteiger partial charge in [-0.25, -0.2) is 9.69 Å². The van der Waals surface area contributed by atoms with Crippen LogP contribution in [-0.4, -0.2) is 18.5 Å². The van der Waals surface area contributed by atoms with Crippen molar-refractivity contribution in [1.82, 2.24) is 5.32 Å². The highest BCUT2D eigenvalue weighted by Crippen LogP contribution is 2.26. The summed E-state index contributed by atoms with van der Waals surface area (Å²) >= 11 is 3.29. The van der Waals surface area contributed by atoms with Crippen LogP contribution in [0.15, 0.2) is 28.7 Å². The highest BCUT2D eigenvalue weighted by atomic mass is 79.9. The molecule has 1 aromatic rings. The number of halogens is 1. The molecule has 1 heterocycles. The van der Waals surface area contributed by atoms with Crippen molar-refractivity contribution in [3.05, 3.63) is 28.7 Å². The number of benzene rings is 1. The molecule has 0 radical (unpaired) electrons. The van der Waals surface area contributed by atoms with Gasteiger partial charge < -0.3 is 5.32 Å². The molecule has 1 fully saturated rings. The summed E-state index contributed by atoms with van der Waals surface area (Å²) in [5.41, 5.74) is 0.576. The molecule has 5 heteroatoms. The standard InChI is InChI=1S/C9H7BrN2O2/c10-6-3-1-2-4-7(6)12-8(13)5-11-9(12)14/h1-4H,5H2,(H,11,14). The normalized spacial score (nSPS) is 15.9. The Hall–Kier alpha value is -1.36. The molecule has 4 nitrogen and oxygen atoms in total. The van der Waals surface area contributed by atoms with E-state index < -0.39 is 0 Å². The summed E-state index contributed by atoms with van der Waals surface area (Å²) in [6.07, 6.45) is 0. The fraction of sp³-hybridized carbons (Fsp3) is 0.111. The highest BCUT2D eigenvalue weighted by molar-refractivity contribution is 9.10. The first kappa shape index (κ1) is 9.21. The van der Waals surface area contributed by atoms with Gasteiger partial charge in [0.25, 0.3) is 5.91 Å². The molecule has 0 aliphatic carbocycles. The number of hydrogen-bond donors (Lipinski definition) is 1. The zero-order valence-corrected chi connectivity index (χ0v) is 8.74. The van der Waals surface area contributed by atoms with Gasteiger partial charge in [0.05, 0.1) is 12.2 Å². The molecule has 0 aromatic heterocycles. The van der Waals surface area contributed by atoms with Crippen molar-refractivity contribution >= 4 is 33.6 Å². The third-order valence-corrected chi connectivity index (χ3v) is 2.61. The molecule has 72 valence electrons. The second kappa shape index (κ2) is 3.42. The van der Waals surface area contributed by atoms with Crippen LogP contribution in [0.1, 0.15) is 0 Å². The Morgan fingerprint density at radius 2 is 2.00 bits per heavy atom. The molecule has 14 heavy (non-hydrogen) atoms. The third-order valence-electron chi connectivity index (χ3n) is 1.94. The van der Waals surface area contributed by atoms with Crippen molar-refractivity contribution in [2.75, 3.05) is 11.4 Å². The number of imide groups is 1. The number of carbonyl (C=O) groups is 2. The Balaban J connectivity index is 2.44. The van der Waals surface area contributed by atoms with Crippen LogP contribution in [0.4, 0.5) is 10.5 Å². The molecule has 1 saturated heterocycles. The first-order chi connectivity index (χ1) is 6.70. The summed E-state index contributed by atoms with van der Waals surface area (Å²) in [7, 11) is 0. The van der Waals surface area contributed by atoms with Crippen molar-refractivity contribution in [1.29, 1.82) is 0 Å². The Morgan fingerprint density at radius 3 is 2.57 bits per heavy atom. The Bertz CT molecular complexity index is 390. The average molecular weight is 255 g/mol. The summed E-state index contributed by atoms with van der Waals surface area (Å²) < 4.78 is 0.727. The number of para-hydroxylation sites is 1. The lowest BCUT2D eigenvalue weighted by Crippen LogP contribution is -2.30. The van der Waals surface area contributed by atoms with Gasteiger partial charge in [0.1, 0.15) is 0 Å². The van der Waals surface area contributed by atoms with Gasteiger partial charge in [0.2, 0.25) is 0 Å². The van der Waals surface area contributed by atoms with Crippen molar-refractivity contribution in [2.45, 2.75) is 0 Å². The second-order valence-electron chi connectivity index (χ2n) is 2.84. The fourth-order valence-electron chi connectivity index (χ4n) is 1.30. The van der Waals surface area contributed by atoms with Gasteiger partial charge in [-0.05, 0) is 28.1 Å². The zero-order chi connectivity index (χ0) is 10.1. The Morgan fingerprint density at radius 1 is 1.29 bits per heavy atom. The molecule has 0 saturated carbocycles. The van der Waals surface area contributed by atoms with Crippen molar-refractivity contribution < 1.29 is 9.59 Å². The summed E-state index contributed by atoms with van der Waals surface area (Å²) in [6.45, 7) is 0.0696. The summed E-state index contributed by atoms with van der Waals surface area (Å²) in [6, 6.07) is 6.73. The van der Waals surface area contributed by atoms with Gasteiger partial charge in [-0.15, -0.1) is 0 Å². The minimum absolute atomic E-state index is 0.0696. The van der Waals surface area contributed by atoms with Crippen LogP contribution >= 0.6 is 15.9 Å². The van der Waals surface area contributed by atoms with Gasteiger partial charge in [0, 0.05) is 4.47 Å². The topological polar surface area (TPSA) is 49.4 Å². The van der Waals surface area contributed by atoms with Gasteiger partial charge >= 0.3 is 6.03 Å². The SMILES string of the molecule is O=C1CNC(=O)N1c1ccccc1Br. The van der Waals surface area contributed by atoms with Gasteiger partial charge in [-0.2, -0.15) is 0 Å². The van der Waals surface area contributed by atoms with Crippen molar-refractivity contribution in [3.63, 3.8) is 0 Å². The quantitative estimate of drug-likeness (QED) is 0.773. The number of hydrogen-bond acceptors (Lipinski definition) is 2. The zero-order valence-electron chi connectivity index (χ0n) is 7.16. The Labute approximate surface area is 89.0 Å². The summed E-state index contributed by atoms with van der Waals surface area (Å²) in [5.74, 6) is -0.234. The van der Waals surface area contributed by atoms with Gasteiger partial charge in [-0.3, -0.25) is 4.79 Å². The monoisotopic (exact) mass is 254 g/mol. The lowest BCUT2D eigenvalue weighted by molar-refractivity contribution is -0.115. The van der Waals surface area contributed by atoms with Crippen molar-refractivity contribution in [2.24, 2.45) is 0 Å². The molecule has 2 rings (SSSR count). The van der Waals surface area contributed by atoms with Crippen LogP contribution in [0.3, 0.4) is 0 Å². The van der Waals surface area contributed by atoms with Crippen LogP contribution in [-0.2, 0) is 4.79 Å². The molecular formula is C9H7BrN2O2. The lowest BCUT2D eigenvalue weighted by atomic mass is 10.3. The van der Waals surface area contributed by atoms with E-state index in [1.54, 1.807) is 18.2 Å². The second-order valence-corrected chi connectivity index (χ2v) is 3.69. The fourth-order valence-corrected chi connectivity index (χ4v) is 1.76. The number of rotatable bonds is 1. The van der Waals surface area contributed by atoms with E-state index in [4.69, 9.17) is 0 Å². The van der Waals surface area contributed by atoms with E-state index in [-0.39, 0.29) is 18.5 Å². The average Bonchev–Trinajstić information content (AvgIpc) is 2.48. The number of anilines is 1. The molecule has 3 amide bonds. The third kappa shape index (κ3) is 1.39. The van der Waals surface area contributed by atoms with E-state index in [1.165, 1.54) is 0 Å². The molecule has 0 bridgehead atoms. The first-order valence-corrected chi connectivity index (χ1v) is 4.85. The van der Waals surface area contributed by atoms with E-state index >= 15 is 0 Å². The Kier molecular flexibility index (Phi) is 2.25. The van der Waals surface area contributed by atoms with E-state index in [0.717, 1.165) is 9.37 Å². The molecule has 1 aliphatic rings. The smallest absolute Gasteiger partial charge is 0.328 e. The largest absolute Gasteiger partial charge is 0.329 e. The minimum atomic E-state index is -0.373. The molecule has 0 spiro atoms. The first-order valence-electron chi connectivity index (χ1n) is 4.05. The maximum absolute atomic E-state index is 11.4. The number of nitrogens with one attached hydrogen (secondary N) is 1. The molecule has 0 unspecified atom stereocenters. The molecule has 1 N–H and O–H groups in total.